The fourth-order valence-corrected chi connectivity index (χ4v) is 1.24. The lowest BCUT2D eigenvalue weighted by Gasteiger charge is -1.94. The molecule has 14 heavy (non-hydrogen) atoms. The molecule has 1 heterocycles. The first-order valence-corrected chi connectivity index (χ1v) is 4.20. The molecule has 1 aromatic heterocycles. The zero-order valence-corrected chi connectivity index (χ0v) is 7.37. The first-order chi connectivity index (χ1) is 6.79. The molecule has 4 heteroatoms. The number of aliphatic hydroxyl groups is 1. The van der Waals surface area contributed by atoms with Crippen LogP contribution >= 0.6 is 0 Å². The lowest BCUT2D eigenvalue weighted by atomic mass is 10.1. The van der Waals surface area contributed by atoms with E-state index in [4.69, 9.17) is 5.11 Å². The van der Waals surface area contributed by atoms with Crippen molar-refractivity contribution in [2.75, 3.05) is 0 Å². The topological polar surface area (TPSA) is 48.9 Å². The molecule has 0 unspecified atom stereocenters. The van der Waals surface area contributed by atoms with E-state index >= 15 is 0 Å². The van der Waals surface area contributed by atoms with E-state index < -0.39 is 0 Å². The van der Waals surface area contributed by atoms with E-state index in [0.717, 1.165) is 0 Å². The average Bonchev–Trinajstić information content (AvgIpc) is 2.66. The summed E-state index contributed by atoms with van der Waals surface area (Å²) < 4.78 is 12.9. The highest BCUT2D eigenvalue weighted by atomic mass is 19.1. The second-order valence-electron chi connectivity index (χ2n) is 2.95. The lowest BCUT2D eigenvalue weighted by molar-refractivity contribution is 0.276. The summed E-state index contributed by atoms with van der Waals surface area (Å²) in [6.07, 6.45) is 0. The van der Waals surface area contributed by atoms with Crippen LogP contribution in [0.5, 0.6) is 0 Å². The van der Waals surface area contributed by atoms with Crippen molar-refractivity contribution < 1.29 is 9.50 Å². The zero-order chi connectivity index (χ0) is 9.97. The molecule has 0 fully saturated rings. The maximum atomic E-state index is 12.9. The molecular weight excluding hydrogens is 183 g/mol. The van der Waals surface area contributed by atoms with Crippen molar-refractivity contribution in [2.45, 2.75) is 6.61 Å². The number of nitrogens with zero attached hydrogens (tertiary/aromatic N) is 1. The van der Waals surface area contributed by atoms with Crippen LogP contribution in [-0.4, -0.2) is 15.3 Å². The molecule has 2 aromatic rings. The van der Waals surface area contributed by atoms with E-state index in [1.165, 1.54) is 12.1 Å². The smallest absolute Gasteiger partial charge is 0.123 e. The molecule has 72 valence electrons. The summed E-state index contributed by atoms with van der Waals surface area (Å²) in [5, 5.41) is 15.4. The molecule has 0 amide bonds. The highest BCUT2D eigenvalue weighted by molar-refractivity contribution is 5.59. The van der Waals surface area contributed by atoms with Crippen LogP contribution in [0.15, 0.2) is 30.3 Å². The van der Waals surface area contributed by atoms with Crippen LogP contribution in [0.4, 0.5) is 4.39 Å². The van der Waals surface area contributed by atoms with Gasteiger partial charge in [0.05, 0.1) is 18.0 Å². The Morgan fingerprint density at radius 1 is 1.36 bits per heavy atom. The van der Waals surface area contributed by atoms with Crippen LogP contribution in [0, 0.1) is 5.82 Å². The number of aromatic nitrogens is 2. The molecule has 2 rings (SSSR count). The van der Waals surface area contributed by atoms with Crippen molar-refractivity contribution in [1.29, 1.82) is 0 Å². The van der Waals surface area contributed by atoms with Crippen LogP contribution in [0.2, 0.25) is 0 Å². The Kier molecular flexibility index (Phi) is 2.28. The van der Waals surface area contributed by atoms with Crippen molar-refractivity contribution in [3.63, 3.8) is 0 Å². The second-order valence-corrected chi connectivity index (χ2v) is 2.95. The monoisotopic (exact) mass is 192 g/mol. The summed E-state index contributed by atoms with van der Waals surface area (Å²) in [6.45, 7) is -0.0949. The highest BCUT2D eigenvalue weighted by Crippen LogP contribution is 2.18. The van der Waals surface area contributed by atoms with Crippen molar-refractivity contribution in [3.8, 4) is 11.3 Å². The number of aliphatic hydroxyl groups excluding tert-OH is 1. The Morgan fingerprint density at radius 3 is 2.86 bits per heavy atom. The molecule has 0 radical (unpaired) electrons. The molecule has 0 bridgehead atoms. The third kappa shape index (κ3) is 1.65. The van der Waals surface area contributed by atoms with Crippen LogP contribution in [0.3, 0.4) is 0 Å². The minimum absolute atomic E-state index is 0.0949. The third-order valence-electron chi connectivity index (χ3n) is 1.92. The predicted molar refractivity (Wildman–Crippen MR) is 49.9 cm³/mol. The van der Waals surface area contributed by atoms with Crippen molar-refractivity contribution >= 4 is 0 Å². The lowest BCUT2D eigenvalue weighted by Crippen LogP contribution is -1.80. The Bertz CT molecular complexity index is 439. The molecule has 0 aliphatic carbocycles. The quantitative estimate of drug-likeness (QED) is 0.760. The summed E-state index contributed by atoms with van der Waals surface area (Å²) in [5.74, 6) is -0.295. The maximum absolute atomic E-state index is 12.9. The van der Waals surface area contributed by atoms with Gasteiger partial charge in [-0.25, -0.2) is 4.39 Å². The summed E-state index contributed by atoms with van der Waals surface area (Å²) >= 11 is 0. The minimum atomic E-state index is -0.295. The van der Waals surface area contributed by atoms with Crippen LogP contribution < -0.4 is 0 Å². The molecule has 3 nitrogen and oxygen atoms in total. The summed E-state index contributed by atoms with van der Waals surface area (Å²) in [4.78, 5) is 0. The first-order valence-electron chi connectivity index (χ1n) is 4.20. The van der Waals surface area contributed by atoms with E-state index in [9.17, 15) is 4.39 Å². The molecule has 0 atom stereocenters. The summed E-state index contributed by atoms with van der Waals surface area (Å²) in [6, 6.07) is 7.85. The molecular formula is C10H9FN2O. The van der Waals surface area contributed by atoms with Gasteiger partial charge in [-0.15, -0.1) is 0 Å². The number of hydrogen-bond acceptors (Lipinski definition) is 2. The van der Waals surface area contributed by atoms with Gasteiger partial charge in [0, 0.05) is 5.56 Å². The second kappa shape index (κ2) is 3.59. The standard InChI is InChI=1S/C10H9FN2O/c11-8-3-1-2-7(4-8)10-5-9(6-14)12-13-10/h1-5,14H,6H2,(H,12,13). The van der Waals surface area contributed by atoms with Crippen LogP contribution in [0.25, 0.3) is 11.3 Å². The minimum Gasteiger partial charge on any atom is -0.390 e. The number of benzene rings is 1. The maximum Gasteiger partial charge on any atom is 0.123 e. The Balaban J connectivity index is 2.39. The third-order valence-corrected chi connectivity index (χ3v) is 1.92. The van der Waals surface area contributed by atoms with Gasteiger partial charge in [-0.1, -0.05) is 12.1 Å². The normalized spacial score (nSPS) is 10.4. The van der Waals surface area contributed by atoms with Gasteiger partial charge in [0.15, 0.2) is 0 Å². The van der Waals surface area contributed by atoms with E-state index in [0.29, 0.717) is 17.0 Å². The molecule has 2 N–H and O–H groups in total. The van der Waals surface area contributed by atoms with E-state index in [1.807, 2.05) is 0 Å². The molecule has 0 aliphatic heterocycles. The molecule has 1 aromatic carbocycles. The summed E-state index contributed by atoms with van der Waals surface area (Å²) in [7, 11) is 0. The molecule has 0 spiro atoms. The zero-order valence-electron chi connectivity index (χ0n) is 7.37. The van der Waals surface area contributed by atoms with Crippen molar-refractivity contribution in [1.82, 2.24) is 10.2 Å². The van der Waals surface area contributed by atoms with Gasteiger partial charge in [-0.2, -0.15) is 5.10 Å². The number of nitrogens with one attached hydrogen (secondary N) is 1. The Hall–Kier alpha value is -1.68. The van der Waals surface area contributed by atoms with Gasteiger partial charge in [0.1, 0.15) is 5.82 Å². The Labute approximate surface area is 80.2 Å². The Morgan fingerprint density at radius 2 is 2.21 bits per heavy atom. The number of aromatic amines is 1. The van der Waals surface area contributed by atoms with E-state index in [2.05, 4.69) is 10.2 Å². The molecule has 0 saturated carbocycles. The van der Waals surface area contributed by atoms with Gasteiger partial charge >= 0.3 is 0 Å². The van der Waals surface area contributed by atoms with Crippen LogP contribution in [0.1, 0.15) is 5.69 Å². The van der Waals surface area contributed by atoms with E-state index in [-0.39, 0.29) is 12.4 Å². The number of halogens is 1. The van der Waals surface area contributed by atoms with Gasteiger partial charge in [0.2, 0.25) is 0 Å². The van der Waals surface area contributed by atoms with Crippen LogP contribution in [-0.2, 0) is 6.61 Å². The van der Waals surface area contributed by atoms with Crippen molar-refractivity contribution in [2.24, 2.45) is 0 Å². The SMILES string of the molecule is OCc1cc(-c2cccc(F)c2)n[nH]1. The van der Waals surface area contributed by atoms with Crippen molar-refractivity contribution in [3.05, 3.63) is 41.8 Å². The van der Waals surface area contributed by atoms with E-state index in [1.54, 1.807) is 18.2 Å². The highest BCUT2D eigenvalue weighted by Gasteiger charge is 2.03. The largest absolute Gasteiger partial charge is 0.390 e. The fraction of sp³-hybridized carbons (Fsp3) is 0.100. The molecule has 0 saturated heterocycles. The van der Waals surface area contributed by atoms with Gasteiger partial charge in [-0.3, -0.25) is 5.10 Å². The summed E-state index contributed by atoms with van der Waals surface area (Å²) in [5.41, 5.74) is 1.94. The van der Waals surface area contributed by atoms with Gasteiger partial charge in [-0.05, 0) is 18.2 Å². The van der Waals surface area contributed by atoms with Gasteiger partial charge < -0.3 is 5.11 Å². The number of hydrogen-bond donors (Lipinski definition) is 2. The average molecular weight is 192 g/mol. The van der Waals surface area contributed by atoms with Gasteiger partial charge in [0.25, 0.3) is 0 Å². The predicted octanol–water partition coefficient (Wildman–Crippen LogP) is 1.71. The number of rotatable bonds is 2. The fourth-order valence-electron chi connectivity index (χ4n) is 1.24. The molecule has 0 aliphatic rings. The number of H-pyrrole nitrogens is 1. The first kappa shape index (κ1) is 8.90.